The number of hydrogen-bond donors (Lipinski definition) is 2. The first kappa shape index (κ1) is 32.9. The minimum atomic E-state index is -1.19. The first-order valence-corrected chi connectivity index (χ1v) is 18.0. The average Bonchev–Trinajstić information content (AvgIpc) is 3.66. The van der Waals surface area contributed by atoms with Crippen molar-refractivity contribution in [3.8, 4) is 0 Å². The molecule has 13 heteroatoms. The number of thioether (sulfide) groups is 1. The molecule has 0 unspecified atom stereocenters. The molecule has 4 bridgehead atoms. The Morgan fingerprint density at radius 2 is 1.94 bits per heavy atom. The third-order valence-electron chi connectivity index (χ3n) is 12.5. The second-order valence-corrected chi connectivity index (χ2v) is 16.3. The second-order valence-electron chi connectivity index (χ2n) is 15.3. The molecule has 4 saturated carbocycles. The molecule has 2 amide bonds. The number of rotatable bonds is 8. The Morgan fingerprint density at radius 1 is 1.16 bits per heavy atom. The zero-order valence-electron chi connectivity index (χ0n) is 27.6. The largest absolute Gasteiger partial charge is 0.393 e. The number of halogens is 1. The topological polar surface area (TPSA) is 144 Å². The predicted octanol–water partition coefficient (Wildman–Crippen LogP) is 4.48. The highest BCUT2D eigenvalue weighted by Gasteiger charge is 2.81. The molecule has 9 atom stereocenters. The van der Waals surface area contributed by atoms with Crippen molar-refractivity contribution in [3.63, 3.8) is 0 Å². The zero-order chi connectivity index (χ0) is 34.5. The van der Waals surface area contributed by atoms with Gasteiger partial charge in [0.2, 0.25) is 0 Å². The van der Waals surface area contributed by atoms with Gasteiger partial charge in [-0.1, -0.05) is 44.2 Å². The van der Waals surface area contributed by atoms with Gasteiger partial charge in [0.15, 0.2) is 12.1 Å². The summed E-state index contributed by atoms with van der Waals surface area (Å²) in [6.07, 6.45) is 4.62. The summed E-state index contributed by atoms with van der Waals surface area (Å²) in [5, 5.41) is 31.3. The van der Waals surface area contributed by atoms with Crippen LogP contribution in [0.25, 0.3) is 6.08 Å². The number of aromatic nitrogens is 3. The van der Waals surface area contributed by atoms with Crippen LogP contribution in [-0.4, -0.2) is 78.2 Å². The van der Waals surface area contributed by atoms with Gasteiger partial charge >= 0.3 is 0 Å². The fourth-order valence-corrected chi connectivity index (χ4v) is 11.4. The van der Waals surface area contributed by atoms with Crippen LogP contribution in [0.5, 0.6) is 0 Å². The van der Waals surface area contributed by atoms with Gasteiger partial charge in [-0.3, -0.25) is 24.0 Å². The maximum absolute atomic E-state index is 13.9. The van der Waals surface area contributed by atoms with E-state index >= 15 is 0 Å². The minimum absolute atomic E-state index is 0.0256. The third-order valence-corrected chi connectivity index (χ3v) is 13.4. The van der Waals surface area contributed by atoms with E-state index in [9.17, 15) is 29.0 Å². The standard InChI is InChI=1S/C36H41FN4O7S/c1-19-23-15-24(42)28-35-11-4-10-34(2,3)26(35)16-27(36(28,29(19)43)30(23)44)48-32(35)47-13-5-12-40-17-22(38-39-40)18-41-31(45)25(49-33(41)46)14-20-6-8-21(37)9-7-20/h6-9,14,17,23-24,26-28,30,32,42,44H,1,4-5,10-13,15-16,18H2,2-3H3/b25-14-/t23-,24-,26+,27+,28-,30+,32-,35-,36+/m0/s1. The van der Waals surface area contributed by atoms with Crippen LogP contribution < -0.4 is 0 Å². The summed E-state index contributed by atoms with van der Waals surface area (Å²) in [7, 11) is 0. The molecule has 49 heavy (non-hydrogen) atoms. The van der Waals surface area contributed by atoms with E-state index in [1.807, 2.05) is 0 Å². The summed E-state index contributed by atoms with van der Waals surface area (Å²) in [5.74, 6) is -1.73. The van der Waals surface area contributed by atoms with E-state index < -0.39 is 58.4 Å². The zero-order valence-corrected chi connectivity index (χ0v) is 28.4. The number of aliphatic hydroxyl groups is 2. The van der Waals surface area contributed by atoms with E-state index in [0.717, 1.165) is 35.9 Å². The monoisotopic (exact) mass is 692 g/mol. The van der Waals surface area contributed by atoms with E-state index in [0.29, 0.717) is 49.2 Å². The normalized spacial score (nSPS) is 38.4. The van der Waals surface area contributed by atoms with E-state index in [4.69, 9.17) is 9.47 Å². The Labute approximate surface area is 287 Å². The lowest BCUT2D eigenvalue weighted by Crippen LogP contribution is -2.78. The number of aryl methyl sites for hydroxylation is 1. The van der Waals surface area contributed by atoms with Crippen molar-refractivity contribution in [2.75, 3.05) is 6.61 Å². The number of Topliss-reactive ketones (excluding diaryl/α,β-unsaturated/α-hetero) is 1. The highest BCUT2D eigenvalue weighted by atomic mass is 32.2. The van der Waals surface area contributed by atoms with Crippen LogP contribution in [0, 0.1) is 39.8 Å². The summed E-state index contributed by atoms with van der Waals surface area (Å²) in [5.41, 5.74) is -0.367. The van der Waals surface area contributed by atoms with Crippen molar-refractivity contribution in [2.24, 2.45) is 34.0 Å². The van der Waals surface area contributed by atoms with Crippen molar-refractivity contribution in [3.05, 3.63) is 64.6 Å². The molecule has 2 spiro atoms. The maximum atomic E-state index is 13.9. The fourth-order valence-electron chi connectivity index (χ4n) is 10.5. The van der Waals surface area contributed by atoms with Crippen molar-refractivity contribution < 1.29 is 38.5 Å². The van der Waals surface area contributed by atoms with Crippen LogP contribution in [0.2, 0.25) is 0 Å². The van der Waals surface area contributed by atoms with Crippen molar-refractivity contribution >= 4 is 34.8 Å². The molecule has 7 aliphatic rings. The number of imide groups is 1. The summed E-state index contributed by atoms with van der Waals surface area (Å²) < 4.78 is 28.2. The molecule has 4 aliphatic carbocycles. The minimum Gasteiger partial charge on any atom is -0.393 e. The first-order valence-electron chi connectivity index (χ1n) is 17.1. The second kappa shape index (κ2) is 11.7. The average molecular weight is 693 g/mol. The quantitative estimate of drug-likeness (QED) is 0.300. The van der Waals surface area contributed by atoms with E-state index in [-0.39, 0.29) is 34.4 Å². The smallest absolute Gasteiger partial charge is 0.293 e. The fraction of sp³-hybridized carbons (Fsp3) is 0.583. The number of fused-ring (bicyclic) bond motifs is 2. The highest BCUT2D eigenvalue weighted by molar-refractivity contribution is 8.18. The van der Waals surface area contributed by atoms with Crippen molar-refractivity contribution in [1.82, 2.24) is 19.9 Å². The molecule has 11 nitrogen and oxygen atoms in total. The number of amides is 2. The van der Waals surface area contributed by atoms with Crippen molar-refractivity contribution in [2.45, 2.75) is 90.1 Å². The Hall–Kier alpha value is -3.23. The molecule has 2 aromatic rings. The summed E-state index contributed by atoms with van der Waals surface area (Å²) >= 11 is 0.829. The van der Waals surface area contributed by atoms with Gasteiger partial charge < -0.3 is 19.7 Å². The molecule has 1 aromatic carbocycles. The summed E-state index contributed by atoms with van der Waals surface area (Å²) in [4.78, 5) is 40.9. The van der Waals surface area contributed by atoms with Gasteiger partial charge in [0.25, 0.3) is 11.1 Å². The van der Waals surface area contributed by atoms with Gasteiger partial charge in [-0.2, -0.15) is 0 Å². The molecule has 0 radical (unpaired) electrons. The molecular formula is C36H41FN4O7S. The van der Waals surface area contributed by atoms with Gasteiger partial charge in [-0.05, 0) is 84.5 Å². The first-order chi connectivity index (χ1) is 23.4. The highest BCUT2D eigenvalue weighted by Crippen LogP contribution is 2.75. The Balaban J connectivity index is 0.938. The van der Waals surface area contributed by atoms with Crippen LogP contribution in [0.3, 0.4) is 0 Å². The SMILES string of the molecule is C=C1C(=O)[C@]23[C@H](O)[C@H]1C[C@H](O)[C@H]2[C@]12CCCC(C)(C)[C@H]1C[C@H]3O[C@@H]2OCCCn1cc(CN2C(=O)S/C(=C\c3ccc(F)cc3)C2=O)nn1. The van der Waals surface area contributed by atoms with Crippen LogP contribution in [-0.2, 0) is 32.2 Å². The number of aliphatic hydroxyl groups excluding tert-OH is 2. The number of benzene rings is 1. The van der Waals surface area contributed by atoms with Crippen LogP contribution in [0.15, 0.2) is 47.5 Å². The Morgan fingerprint density at radius 3 is 2.71 bits per heavy atom. The number of ketones is 1. The van der Waals surface area contributed by atoms with E-state index in [2.05, 4.69) is 30.7 Å². The number of nitrogens with zero attached hydrogens (tertiary/aromatic N) is 4. The Kier molecular flexibility index (Phi) is 7.84. The van der Waals surface area contributed by atoms with Gasteiger partial charge in [0, 0.05) is 23.8 Å². The molecule has 7 fully saturated rings. The number of carbonyl (C=O) groups excluding carboxylic acids is 3. The number of hydrogen-bond acceptors (Lipinski definition) is 10. The molecule has 2 N–H and O–H groups in total. The van der Waals surface area contributed by atoms with Gasteiger partial charge in [-0.25, -0.2) is 4.39 Å². The molecule has 1 aromatic heterocycles. The molecule has 260 valence electrons. The molecule has 4 heterocycles. The summed E-state index contributed by atoms with van der Waals surface area (Å²) in [6, 6.07) is 5.67. The molecular weight excluding hydrogens is 651 g/mol. The molecule has 9 rings (SSSR count). The lowest BCUT2D eigenvalue weighted by atomic mass is 9.37. The molecule has 3 saturated heterocycles. The maximum Gasteiger partial charge on any atom is 0.293 e. The lowest BCUT2D eigenvalue weighted by molar-refractivity contribution is -0.402. The Bertz CT molecular complexity index is 1760. The number of carbonyl (C=O) groups is 3. The molecule has 3 aliphatic heterocycles. The predicted molar refractivity (Wildman–Crippen MR) is 176 cm³/mol. The van der Waals surface area contributed by atoms with Crippen molar-refractivity contribution in [1.29, 1.82) is 0 Å². The van der Waals surface area contributed by atoms with Gasteiger partial charge in [0.1, 0.15) is 11.5 Å². The summed E-state index contributed by atoms with van der Waals surface area (Å²) in [6.45, 7) is 9.36. The van der Waals surface area contributed by atoms with Crippen LogP contribution in [0.1, 0.15) is 63.6 Å². The number of ether oxygens (including phenoxy) is 2. The van der Waals surface area contributed by atoms with E-state index in [1.165, 1.54) is 12.1 Å². The van der Waals surface area contributed by atoms with E-state index in [1.54, 1.807) is 29.1 Å². The van der Waals surface area contributed by atoms with Gasteiger partial charge in [-0.15, -0.1) is 5.10 Å². The van der Waals surface area contributed by atoms with Crippen LogP contribution >= 0.6 is 11.8 Å². The lowest BCUT2D eigenvalue weighted by Gasteiger charge is -2.72. The van der Waals surface area contributed by atoms with Crippen LogP contribution in [0.4, 0.5) is 9.18 Å². The van der Waals surface area contributed by atoms with Gasteiger partial charge in [0.05, 0.1) is 48.0 Å². The third kappa shape index (κ3) is 4.79.